The maximum Gasteiger partial charge on any atom is 0.252 e. The molecule has 0 saturated heterocycles. The highest BCUT2D eigenvalue weighted by Crippen LogP contribution is 2.25. The zero-order valence-electron chi connectivity index (χ0n) is 17.2. The van der Waals surface area contributed by atoms with E-state index in [4.69, 9.17) is 4.74 Å². The van der Waals surface area contributed by atoms with Crippen LogP contribution in [0.25, 0.3) is 0 Å². The minimum absolute atomic E-state index is 0.129. The number of carbonyl (C=O) groups excluding carboxylic acids is 1. The summed E-state index contributed by atoms with van der Waals surface area (Å²) >= 11 is 0. The summed E-state index contributed by atoms with van der Waals surface area (Å²) < 4.78 is 5.16. The van der Waals surface area contributed by atoms with Crippen LogP contribution in [0.4, 0.5) is 11.4 Å². The Morgan fingerprint density at radius 2 is 1.90 bits per heavy atom. The van der Waals surface area contributed by atoms with E-state index in [9.17, 15) is 4.79 Å². The van der Waals surface area contributed by atoms with Gasteiger partial charge in [-0.05, 0) is 54.7 Å². The minimum Gasteiger partial charge on any atom is -0.497 e. The first-order valence-corrected chi connectivity index (χ1v) is 9.82. The molecule has 0 saturated carbocycles. The molecule has 0 spiro atoms. The fourth-order valence-electron chi connectivity index (χ4n) is 3.19. The van der Waals surface area contributed by atoms with Crippen LogP contribution < -0.4 is 15.4 Å². The van der Waals surface area contributed by atoms with Crippen molar-refractivity contribution in [1.29, 1.82) is 0 Å². The third kappa shape index (κ3) is 5.35. The van der Waals surface area contributed by atoms with E-state index in [1.165, 1.54) is 11.1 Å². The van der Waals surface area contributed by atoms with Crippen LogP contribution in [-0.2, 0) is 12.8 Å². The average Bonchev–Trinajstić information content (AvgIpc) is 2.75. The van der Waals surface area contributed by atoms with Gasteiger partial charge in [-0.2, -0.15) is 0 Å². The number of para-hydroxylation sites is 1. The number of anilines is 2. The van der Waals surface area contributed by atoms with Crippen LogP contribution in [0.2, 0.25) is 0 Å². The number of amides is 1. The number of carbonyl (C=O) groups is 1. The topological polar surface area (TPSA) is 63.2 Å². The number of aromatic nitrogens is 1. The second kappa shape index (κ2) is 9.73. The molecule has 150 valence electrons. The molecule has 5 nitrogen and oxygen atoms in total. The molecule has 1 aromatic heterocycles. The van der Waals surface area contributed by atoms with Gasteiger partial charge < -0.3 is 15.4 Å². The number of hydrogen-bond acceptors (Lipinski definition) is 4. The Labute approximate surface area is 172 Å². The molecule has 1 heterocycles. The molecule has 0 unspecified atom stereocenters. The molecule has 2 N–H and O–H groups in total. The number of aryl methyl sites for hydroxylation is 2. The highest BCUT2D eigenvalue weighted by atomic mass is 16.5. The van der Waals surface area contributed by atoms with Gasteiger partial charge in [0.1, 0.15) is 5.75 Å². The predicted molar refractivity (Wildman–Crippen MR) is 117 cm³/mol. The molecule has 0 bridgehead atoms. The van der Waals surface area contributed by atoms with Crippen LogP contribution in [0, 0.1) is 6.92 Å². The third-order valence-electron chi connectivity index (χ3n) is 4.87. The molecule has 2 aromatic carbocycles. The molecule has 3 aromatic rings. The van der Waals surface area contributed by atoms with Gasteiger partial charge >= 0.3 is 0 Å². The van der Waals surface area contributed by atoms with Crippen molar-refractivity contribution in [3.05, 3.63) is 83.2 Å². The minimum atomic E-state index is -0.129. The molecule has 5 heteroatoms. The second-order valence-electron chi connectivity index (χ2n) is 6.90. The Morgan fingerprint density at radius 3 is 2.62 bits per heavy atom. The van der Waals surface area contributed by atoms with Gasteiger partial charge in [-0.25, -0.2) is 0 Å². The number of rotatable bonds is 8. The Hall–Kier alpha value is -3.34. The van der Waals surface area contributed by atoms with E-state index < -0.39 is 0 Å². The van der Waals surface area contributed by atoms with Crippen molar-refractivity contribution >= 4 is 17.3 Å². The number of methoxy groups -OCH3 is 1. The van der Waals surface area contributed by atoms with E-state index in [1.54, 1.807) is 19.5 Å². The lowest BCUT2D eigenvalue weighted by atomic mass is 10.1. The van der Waals surface area contributed by atoms with E-state index in [0.29, 0.717) is 12.1 Å². The molecule has 1 amide bonds. The Balaban J connectivity index is 1.62. The van der Waals surface area contributed by atoms with Crippen LogP contribution in [0.3, 0.4) is 0 Å². The van der Waals surface area contributed by atoms with Crippen LogP contribution in [-0.4, -0.2) is 24.5 Å². The maximum absolute atomic E-state index is 12.5. The normalized spacial score (nSPS) is 10.4. The third-order valence-corrected chi connectivity index (χ3v) is 4.87. The van der Waals surface area contributed by atoms with Gasteiger partial charge in [0.15, 0.2) is 0 Å². The van der Waals surface area contributed by atoms with E-state index in [-0.39, 0.29) is 5.91 Å². The average molecular weight is 389 g/mol. The SMILES string of the molecule is CCc1cccc(C)c1Nc1cncc(C(=O)NCCc2ccc(OC)cc2)c1. The summed E-state index contributed by atoms with van der Waals surface area (Å²) in [5.74, 6) is 0.697. The molecular formula is C24H27N3O2. The first-order valence-electron chi connectivity index (χ1n) is 9.82. The molecule has 0 aliphatic carbocycles. The largest absolute Gasteiger partial charge is 0.497 e. The summed E-state index contributed by atoms with van der Waals surface area (Å²) in [5, 5.41) is 6.39. The van der Waals surface area contributed by atoms with Gasteiger partial charge in [-0.3, -0.25) is 9.78 Å². The van der Waals surface area contributed by atoms with Crippen LogP contribution >= 0.6 is 0 Å². The van der Waals surface area contributed by atoms with E-state index >= 15 is 0 Å². The Kier molecular flexibility index (Phi) is 6.85. The summed E-state index contributed by atoms with van der Waals surface area (Å²) in [6.45, 7) is 4.76. The molecule has 3 rings (SSSR count). The van der Waals surface area contributed by atoms with Crippen molar-refractivity contribution in [1.82, 2.24) is 10.3 Å². The zero-order chi connectivity index (χ0) is 20.6. The number of nitrogens with zero attached hydrogens (tertiary/aromatic N) is 1. The monoisotopic (exact) mass is 389 g/mol. The van der Waals surface area contributed by atoms with Gasteiger partial charge in [-0.15, -0.1) is 0 Å². The Morgan fingerprint density at radius 1 is 1.10 bits per heavy atom. The van der Waals surface area contributed by atoms with Gasteiger partial charge in [0.2, 0.25) is 0 Å². The van der Waals surface area contributed by atoms with E-state index in [2.05, 4.69) is 47.7 Å². The summed E-state index contributed by atoms with van der Waals surface area (Å²) in [6, 6.07) is 15.9. The van der Waals surface area contributed by atoms with Crippen LogP contribution in [0.1, 0.15) is 34.0 Å². The smallest absolute Gasteiger partial charge is 0.252 e. The second-order valence-corrected chi connectivity index (χ2v) is 6.90. The maximum atomic E-state index is 12.5. The van der Waals surface area contributed by atoms with Gasteiger partial charge in [0.25, 0.3) is 5.91 Å². The number of hydrogen-bond donors (Lipinski definition) is 2. The number of nitrogens with one attached hydrogen (secondary N) is 2. The van der Waals surface area contributed by atoms with Gasteiger partial charge in [-0.1, -0.05) is 37.3 Å². The molecule has 29 heavy (non-hydrogen) atoms. The lowest BCUT2D eigenvalue weighted by Crippen LogP contribution is -2.25. The highest BCUT2D eigenvalue weighted by Gasteiger charge is 2.09. The van der Waals surface area contributed by atoms with Gasteiger partial charge in [0.05, 0.1) is 24.6 Å². The van der Waals surface area contributed by atoms with E-state index in [0.717, 1.165) is 35.5 Å². The van der Waals surface area contributed by atoms with Crippen molar-refractivity contribution in [2.24, 2.45) is 0 Å². The van der Waals surface area contributed by atoms with Crippen molar-refractivity contribution in [3.63, 3.8) is 0 Å². The van der Waals surface area contributed by atoms with E-state index in [1.807, 2.05) is 30.3 Å². The Bertz CT molecular complexity index is 968. The van der Waals surface area contributed by atoms with Crippen molar-refractivity contribution in [2.75, 3.05) is 19.0 Å². The molecule has 0 aliphatic rings. The number of pyridine rings is 1. The quantitative estimate of drug-likeness (QED) is 0.587. The van der Waals surface area contributed by atoms with Crippen LogP contribution in [0.5, 0.6) is 5.75 Å². The molecule has 0 aliphatic heterocycles. The molecule has 0 atom stereocenters. The van der Waals surface area contributed by atoms with Crippen molar-refractivity contribution in [3.8, 4) is 5.75 Å². The summed E-state index contributed by atoms with van der Waals surface area (Å²) in [5.41, 5.74) is 5.96. The fraction of sp³-hybridized carbons (Fsp3) is 0.250. The summed E-state index contributed by atoms with van der Waals surface area (Å²) in [4.78, 5) is 16.8. The molecule has 0 radical (unpaired) electrons. The number of ether oxygens (including phenoxy) is 1. The molecular weight excluding hydrogens is 362 g/mol. The van der Waals surface area contributed by atoms with Crippen LogP contribution in [0.15, 0.2) is 60.9 Å². The highest BCUT2D eigenvalue weighted by molar-refractivity contribution is 5.94. The van der Waals surface area contributed by atoms with Gasteiger partial charge in [0, 0.05) is 18.4 Å². The fourth-order valence-corrected chi connectivity index (χ4v) is 3.19. The number of benzene rings is 2. The molecule has 0 fully saturated rings. The lowest BCUT2D eigenvalue weighted by molar-refractivity contribution is 0.0954. The zero-order valence-corrected chi connectivity index (χ0v) is 17.2. The first kappa shape index (κ1) is 20.4. The summed E-state index contributed by atoms with van der Waals surface area (Å²) in [7, 11) is 1.65. The first-order chi connectivity index (χ1) is 14.1. The van der Waals surface area contributed by atoms with Crippen molar-refractivity contribution < 1.29 is 9.53 Å². The van der Waals surface area contributed by atoms with Crippen molar-refractivity contribution in [2.45, 2.75) is 26.7 Å². The standard InChI is InChI=1S/C24H27N3O2/c1-4-19-7-5-6-17(2)23(19)27-21-14-20(15-25-16-21)24(28)26-13-12-18-8-10-22(29-3)11-9-18/h5-11,14-16,27H,4,12-13H2,1-3H3,(H,26,28). The lowest BCUT2D eigenvalue weighted by Gasteiger charge is -2.14. The summed E-state index contributed by atoms with van der Waals surface area (Å²) in [6.07, 6.45) is 5.01. The predicted octanol–water partition coefficient (Wildman–Crippen LogP) is 4.68.